The van der Waals surface area contributed by atoms with Gasteiger partial charge in [-0.2, -0.15) is 0 Å². The first-order valence-electron chi connectivity index (χ1n) is 12.5. The Morgan fingerprint density at radius 1 is 1.08 bits per heavy atom. The molecule has 0 saturated carbocycles. The molecule has 0 aromatic heterocycles. The Kier molecular flexibility index (Phi) is 11.0. The second kappa shape index (κ2) is 14.0. The molecule has 1 heterocycles. The van der Waals surface area contributed by atoms with Crippen LogP contribution in [-0.4, -0.2) is 103 Å². The SMILES string of the molecule is Cc1cc(-c2cccc(C(=O)NCCOCCOCCN)c2)ccc1O[C@H]1O[C@H](CO)[C@@H](O)[C@H](O)[C@]1(C)O. The van der Waals surface area contributed by atoms with Crippen LogP contribution in [0.25, 0.3) is 11.1 Å². The summed E-state index contributed by atoms with van der Waals surface area (Å²) in [5.74, 6) is 0.170. The van der Waals surface area contributed by atoms with Crippen LogP contribution in [0.15, 0.2) is 42.5 Å². The molecule has 11 nitrogen and oxygen atoms in total. The summed E-state index contributed by atoms with van der Waals surface area (Å²) >= 11 is 0. The number of ether oxygens (including phenoxy) is 4. The minimum Gasteiger partial charge on any atom is -0.461 e. The van der Waals surface area contributed by atoms with E-state index in [1.54, 1.807) is 30.3 Å². The lowest BCUT2D eigenvalue weighted by Gasteiger charge is -2.45. The molecule has 38 heavy (non-hydrogen) atoms. The van der Waals surface area contributed by atoms with Crippen LogP contribution < -0.4 is 15.8 Å². The first kappa shape index (κ1) is 29.9. The highest BCUT2D eigenvalue weighted by atomic mass is 16.7. The number of rotatable bonds is 13. The van der Waals surface area contributed by atoms with Crippen molar-refractivity contribution in [1.29, 1.82) is 0 Å². The van der Waals surface area contributed by atoms with Gasteiger partial charge in [0.1, 0.15) is 24.1 Å². The Hall–Kier alpha value is -2.61. The molecule has 0 unspecified atom stereocenters. The highest BCUT2D eigenvalue weighted by Crippen LogP contribution is 2.34. The fraction of sp³-hybridized carbons (Fsp3) is 0.519. The molecule has 3 rings (SSSR count). The fourth-order valence-corrected chi connectivity index (χ4v) is 4.02. The molecule has 1 aliphatic heterocycles. The maximum absolute atomic E-state index is 12.6. The predicted molar refractivity (Wildman–Crippen MR) is 139 cm³/mol. The molecule has 1 saturated heterocycles. The van der Waals surface area contributed by atoms with Gasteiger partial charge in [-0.1, -0.05) is 18.2 Å². The van der Waals surface area contributed by atoms with Crippen LogP contribution in [0.3, 0.4) is 0 Å². The maximum atomic E-state index is 12.6. The summed E-state index contributed by atoms with van der Waals surface area (Å²) in [6, 6.07) is 12.5. The molecule has 11 heteroatoms. The topological polar surface area (TPSA) is 173 Å². The summed E-state index contributed by atoms with van der Waals surface area (Å²) in [7, 11) is 0. The van der Waals surface area contributed by atoms with Gasteiger partial charge in [-0.25, -0.2) is 0 Å². The van der Waals surface area contributed by atoms with Crippen LogP contribution in [-0.2, 0) is 14.2 Å². The molecular weight excluding hydrogens is 496 g/mol. The van der Waals surface area contributed by atoms with Gasteiger partial charge >= 0.3 is 0 Å². The van der Waals surface area contributed by atoms with E-state index < -0.39 is 36.8 Å². The zero-order valence-corrected chi connectivity index (χ0v) is 21.7. The number of aliphatic hydroxyl groups is 4. The number of carbonyl (C=O) groups excluding carboxylic acids is 1. The van der Waals surface area contributed by atoms with E-state index in [1.807, 2.05) is 19.1 Å². The Morgan fingerprint density at radius 2 is 1.79 bits per heavy atom. The quantitative estimate of drug-likeness (QED) is 0.191. The predicted octanol–water partition coefficient (Wildman–Crippen LogP) is -0.0475. The molecule has 1 fully saturated rings. The van der Waals surface area contributed by atoms with Crippen LogP contribution in [0.1, 0.15) is 22.8 Å². The molecule has 0 bridgehead atoms. The number of nitrogens with one attached hydrogen (secondary N) is 1. The van der Waals surface area contributed by atoms with Crippen LogP contribution in [0.2, 0.25) is 0 Å². The van der Waals surface area contributed by atoms with Crippen LogP contribution in [0.5, 0.6) is 5.75 Å². The molecule has 0 aliphatic carbocycles. The zero-order valence-electron chi connectivity index (χ0n) is 21.7. The number of hydrogen-bond donors (Lipinski definition) is 6. The normalized spacial score (nSPS) is 25.2. The van der Waals surface area contributed by atoms with E-state index >= 15 is 0 Å². The second-order valence-corrected chi connectivity index (χ2v) is 9.30. The minimum atomic E-state index is -1.92. The van der Waals surface area contributed by atoms with Crippen LogP contribution in [0.4, 0.5) is 0 Å². The lowest BCUT2D eigenvalue weighted by atomic mass is 9.88. The minimum absolute atomic E-state index is 0.220. The van der Waals surface area contributed by atoms with Crippen molar-refractivity contribution >= 4 is 5.91 Å². The molecule has 0 radical (unpaired) electrons. The van der Waals surface area contributed by atoms with E-state index in [0.29, 0.717) is 56.4 Å². The lowest BCUT2D eigenvalue weighted by molar-refractivity contribution is -0.314. The standard InChI is InChI=1S/C27H38N2O9/c1-17-14-19(6-7-21(17)37-26-27(2,34)24(32)23(31)22(16-30)38-26)18-4-3-5-20(15-18)25(33)29-9-11-36-13-12-35-10-8-28/h3-7,14-15,22-24,26,30-32,34H,8-13,16,28H2,1-2H3,(H,29,33)/t22-,23-,24+,26+,27+/m1/s1. The van der Waals surface area contributed by atoms with Gasteiger partial charge in [0.05, 0.1) is 33.0 Å². The number of benzene rings is 2. The largest absolute Gasteiger partial charge is 0.461 e. The molecular formula is C27H38N2O9. The van der Waals surface area contributed by atoms with Gasteiger partial charge in [0.25, 0.3) is 5.91 Å². The Labute approximate surface area is 222 Å². The maximum Gasteiger partial charge on any atom is 0.251 e. The van der Waals surface area contributed by atoms with Crippen molar-refractivity contribution in [1.82, 2.24) is 5.32 Å². The first-order chi connectivity index (χ1) is 18.2. The number of nitrogens with two attached hydrogens (primary N) is 1. The van der Waals surface area contributed by atoms with E-state index in [1.165, 1.54) is 6.92 Å². The zero-order chi connectivity index (χ0) is 27.7. The van der Waals surface area contributed by atoms with Gasteiger partial charge < -0.3 is 50.4 Å². The molecule has 0 spiro atoms. The molecule has 1 amide bonds. The van der Waals surface area contributed by atoms with E-state index in [0.717, 1.165) is 11.1 Å². The molecule has 2 aromatic carbocycles. The summed E-state index contributed by atoms with van der Waals surface area (Å²) in [5.41, 5.74) is 6.30. The van der Waals surface area contributed by atoms with Gasteiger partial charge in [0, 0.05) is 18.7 Å². The number of amides is 1. The number of aliphatic hydroxyl groups excluding tert-OH is 3. The van der Waals surface area contributed by atoms with E-state index in [4.69, 9.17) is 24.7 Å². The third-order valence-corrected chi connectivity index (χ3v) is 6.29. The van der Waals surface area contributed by atoms with Crippen LogP contribution in [0, 0.1) is 6.92 Å². The van der Waals surface area contributed by atoms with Gasteiger partial charge in [-0.3, -0.25) is 4.79 Å². The Morgan fingerprint density at radius 3 is 2.47 bits per heavy atom. The van der Waals surface area contributed by atoms with Gasteiger partial charge in [-0.05, 0) is 54.8 Å². The Bertz CT molecular complexity index is 1050. The third-order valence-electron chi connectivity index (χ3n) is 6.29. The Balaban J connectivity index is 1.61. The number of carbonyl (C=O) groups is 1. The molecule has 1 aliphatic rings. The molecule has 5 atom stereocenters. The highest BCUT2D eigenvalue weighted by molar-refractivity contribution is 5.95. The average Bonchev–Trinajstić information content (AvgIpc) is 2.91. The van der Waals surface area contributed by atoms with Gasteiger partial charge in [-0.15, -0.1) is 0 Å². The third kappa shape index (κ3) is 7.49. The summed E-state index contributed by atoms with van der Waals surface area (Å²) in [5, 5.41) is 43.3. The smallest absolute Gasteiger partial charge is 0.251 e. The summed E-state index contributed by atoms with van der Waals surface area (Å²) < 4.78 is 22.0. The van der Waals surface area contributed by atoms with Crippen molar-refractivity contribution in [2.45, 2.75) is 44.1 Å². The molecule has 7 N–H and O–H groups in total. The first-order valence-corrected chi connectivity index (χ1v) is 12.5. The van der Waals surface area contributed by atoms with E-state index in [-0.39, 0.29) is 5.91 Å². The fourth-order valence-electron chi connectivity index (χ4n) is 4.02. The van der Waals surface area contributed by atoms with Crippen molar-refractivity contribution in [2.24, 2.45) is 5.73 Å². The molecule has 210 valence electrons. The van der Waals surface area contributed by atoms with Crippen molar-refractivity contribution in [3.05, 3.63) is 53.6 Å². The van der Waals surface area contributed by atoms with E-state index in [9.17, 15) is 25.2 Å². The molecule has 2 aromatic rings. The number of aryl methyl sites for hydroxylation is 1. The summed E-state index contributed by atoms with van der Waals surface area (Å²) in [4.78, 5) is 12.6. The number of hydrogen-bond acceptors (Lipinski definition) is 10. The second-order valence-electron chi connectivity index (χ2n) is 9.30. The monoisotopic (exact) mass is 534 g/mol. The summed E-state index contributed by atoms with van der Waals surface area (Å²) in [6.07, 6.45) is -5.46. The highest BCUT2D eigenvalue weighted by Gasteiger charge is 2.53. The van der Waals surface area contributed by atoms with Crippen molar-refractivity contribution < 1.29 is 44.2 Å². The van der Waals surface area contributed by atoms with Gasteiger partial charge in [0.15, 0.2) is 5.60 Å². The van der Waals surface area contributed by atoms with Crippen molar-refractivity contribution in [2.75, 3.05) is 46.1 Å². The van der Waals surface area contributed by atoms with Crippen molar-refractivity contribution in [3.8, 4) is 16.9 Å². The van der Waals surface area contributed by atoms with Gasteiger partial charge in [0.2, 0.25) is 6.29 Å². The average molecular weight is 535 g/mol. The lowest BCUT2D eigenvalue weighted by Crippen LogP contribution is -2.66. The summed E-state index contributed by atoms with van der Waals surface area (Å²) in [6.45, 7) is 5.12. The van der Waals surface area contributed by atoms with Crippen molar-refractivity contribution in [3.63, 3.8) is 0 Å². The van der Waals surface area contributed by atoms with Crippen LogP contribution >= 0.6 is 0 Å². The van der Waals surface area contributed by atoms with E-state index in [2.05, 4.69) is 5.32 Å².